The molecule has 5 heteroatoms. The summed E-state index contributed by atoms with van der Waals surface area (Å²) in [5.74, 6) is 0.343. The summed E-state index contributed by atoms with van der Waals surface area (Å²) in [5.41, 5.74) is 0. The lowest BCUT2D eigenvalue weighted by molar-refractivity contribution is -0.132. The van der Waals surface area contributed by atoms with E-state index in [-0.39, 0.29) is 24.5 Å². The molecule has 29 heavy (non-hydrogen) atoms. The minimum absolute atomic E-state index is 0.0348. The van der Waals surface area contributed by atoms with E-state index in [1.54, 1.807) is 0 Å². The number of rotatable bonds is 18. The van der Waals surface area contributed by atoms with Crippen LogP contribution >= 0.6 is 0 Å². The number of carbonyl (C=O) groups is 2. The van der Waals surface area contributed by atoms with Gasteiger partial charge in [0, 0.05) is 25.9 Å². The van der Waals surface area contributed by atoms with Crippen molar-refractivity contribution in [3.05, 3.63) is 0 Å². The smallest absolute Gasteiger partial charge is 0.222 e. The zero-order valence-corrected chi connectivity index (χ0v) is 18.9. The van der Waals surface area contributed by atoms with Crippen LogP contribution in [0.1, 0.15) is 116 Å². The Morgan fingerprint density at radius 2 is 1.45 bits per heavy atom. The molecule has 0 aromatic carbocycles. The third kappa shape index (κ3) is 12.9. The van der Waals surface area contributed by atoms with Crippen molar-refractivity contribution in [2.75, 3.05) is 19.7 Å². The van der Waals surface area contributed by atoms with Gasteiger partial charge < -0.3 is 15.3 Å². The van der Waals surface area contributed by atoms with Crippen molar-refractivity contribution in [1.82, 2.24) is 10.2 Å². The van der Waals surface area contributed by atoms with Crippen LogP contribution in [-0.2, 0) is 9.59 Å². The van der Waals surface area contributed by atoms with Crippen molar-refractivity contribution in [3.8, 4) is 0 Å². The molecule has 2 amide bonds. The Labute approximate surface area is 179 Å². The van der Waals surface area contributed by atoms with Crippen LogP contribution in [0.15, 0.2) is 0 Å². The quantitative estimate of drug-likeness (QED) is 0.314. The zero-order chi connectivity index (χ0) is 21.2. The summed E-state index contributed by atoms with van der Waals surface area (Å²) in [6.45, 7) is 3.84. The second kappa shape index (κ2) is 17.7. The van der Waals surface area contributed by atoms with Gasteiger partial charge in [0.25, 0.3) is 0 Å². The molecule has 1 fully saturated rings. The van der Waals surface area contributed by atoms with Crippen LogP contribution in [0, 0.1) is 0 Å². The highest BCUT2D eigenvalue weighted by Crippen LogP contribution is 2.18. The third-order valence-electron chi connectivity index (χ3n) is 6.06. The molecule has 0 bridgehead atoms. The van der Waals surface area contributed by atoms with E-state index in [1.165, 1.54) is 51.4 Å². The van der Waals surface area contributed by atoms with Crippen LogP contribution in [0.2, 0.25) is 0 Å². The summed E-state index contributed by atoms with van der Waals surface area (Å²) < 4.78 is 0. The summed E-state index contributed by atoms with van der Waals surface area (Å²) in [5, 5.41) is 12.3. The van der Waals surface area contributed by atoms with Crippen LogP contribution in [0.4, 0.5) is 0 Å². The first-order valence-corrected chi connectivity index (χ1v) is 12.4. The van der Waals surface area contributed by atoms with Crippen LogP contribution in [0.3, 0.4) is 0 Å². The van der Waals surface area contributed by atoms with E-state index in [4.69, 9.17) is 0 Å². The number of likely N-dealkylation sites (tertiary alicyclic amines) is 1. The Morgan fingerprint density at radius 1 is 0.862 bits per heavy atom. The normalized spacial score (nSPS) is 16.3. The summed E-state index contributed by atoms with van der Waals surface area (Å²) in [7, 11) is 0. The van der Waals surface area contributed by atoms with Gasteiger partial charge in [-0.05, 0) is 32.1 Å². The minimum atomic E-state index is 0.0348. The van der Waals surface area contributed by atoms with E-state index in [2.05, 4.69) is 12.2 Å². The molecule has 0 aromatic heterocycles. The maximum atomic E-state index is 12.2. The van der Waals surface area contributed by atoms with Gasteiger partial charge in [-0.2, -0.15) is 0 Å². The highest BCUT2D eigenvalue weighted by atomic mass is 16.3. The number of hydrogen-bond acceptors (Lipinski definition) is 3. The largest absolute Gasteiger partial charge is 0.394 e. The van der Waals surface area contributed by atoms with E-state index in [0.29, 0.717) is 19.4 Å². The van der Waals surface area contributed by atoms with Crippen molar-refractivity contribution in [3.63, 3.8) is 0 Å². The van der Waals surface area contributed by atoms with Gasteiger partial charge in [0.2, 0.25) is 11.8 Å². The fourth-order valence-electron chi connectivity index (χ4n) is 4.16. The second-order valence-corrected chi connectivity index (χ2v) is 8.66. The number of nitrogens with zero attached hydrogens (tertiary/aromatic N) is 1. The average Bonchev–Trinajstić information content (AvgIpc) is 3.20. The number of aliphatic hydroxyl groups excluding tert-OH is 1. The van der Waals surface area contributed by atoms with Crippen molar-refractivity contribution in [2.45, 2.75) is 122 Å². The molecule has 0 saturated carbocycles. The molecule has 1 atom stereocenters. The first kappa shape index (κ1) is 25.9. The summed E-state index contributed by atoms with van der Waals surface area (Å²) in [6, 6.07) is 0.0348. The fourth-order valence-corrected chi connectivity index (χ4v) is 4.16. The monoisotopic (exact) mass is 410 g/mol. The van der Waals surface area contributed by atoms with Gasteiger partial charge in [0.05, 0.1) is 12.6 Å². The van der Waals surface area contributed by atoms with E-state index < -0.39 is 0 Å². The summed E-state index contributed by atoms with van der Waals surface area (Å²) in [6.07, 6.45) is 18.8. The van der Waals surface area contributed by atoms with Gasteiger partial charge in [0.1, 0.15) is 0 Å². The van der Waals surface area contributed by atoms with Gasteiger partial charge in [-0.15, -0.1) is 0 Å². The molecule has 0 spiro atoms. The highest BCUT2D eigenvalue weighted by molar-refractivity contribution is 5.77. The van der Waals surface area contributed by atoms with Gasteiger partial charge in [0.15, 0.2) is 0 Å². The van der Waals surface area contributed by atoms with Crippen LogP contribution in [-0.4, -0.2) is 47.6 Å². The van der Waals surface area contributed by atoms with E-state index in [0.717, 1.165) is 51.5 Å². The first-order valence-electron chi connectivity index (χ1n) is 12.4. The van der Waals surface area contributed by atoms with Crippen LogP contribution in [0.25, 0.3) is 0 Å². The predicted molar refractivity (Wildman–Crippen MR) is 120 cm³/mol. The van der Waals surface area contributed by atoms with E-state index in [9.17, 15) is 14.7 Å². The first-order chi connectivity index (χ1) is 14.2. The SMILES string of the molecule is CCCCCCCCCCCCC(=O)NCCCCCC(=O)N1CCC[C@H]1CO. The molecule has 1 aliphatic rings. The molecule has 0 aliphatic carbocycles. The summed E-state index contributed by atoms with van der Waals surface area (Å²) >= 11 is 0. The maximum Gasteiger partial charge on any atom is 0.222 e. The fraction of sp³-hybridized carbons (Fsp3) is 0.917. The molecule has 0 unspecified atom stereocenters. The molecule has 1 saturated heterocycles. The molecule has 0 aromatic rings. The number of hydrogen-bond donors (Lipinski definition) is 2. The van der Waals surface area contributed by atoms with Gasteiger partial charge in [-0.3, -0.25) is 9.59 Å². The average molecular weight is 411 g/mol. The molecule has 170 valence electrons. The molecule has 1 heterocycles. The third-order valence-corrected chi connectivity index (χ3v) is 6.06. The van der Waals surface area contributed by atoms with E-state index >= 15 is 0 Å². The lowest BCUT2D eigenvalue weighted by atomic mass is 10.1. The Morgan fingerprint density at radius 3 is 2.10 bits per heavy atom. The van der Waals surface area contributed by atoms with Gasteiger partial charge >= 0.3 is 0 Å². The molecular formula is C24H46N2O3. The molecule has 1 aliphatic heterocycles. The van der Waals surface area contributed by atoms with Crippen LogP contribution < -0.4 is 5.32 Å². The molecule has 0 radical (unpaired) electrons. The molecule has 5 nitrogen and oxygen atoms in total. The van der Waals surface area contributed by atoms with Crippen molar-refractivity contribution < 1.29 is 14.7 Å². The Balaban J connectivity index is 1.85. The Hall–Kier alpha value is -1.10. The maximum absolute atomic E-state index is 12.2. The number of unbranched alkanes of at least 4 members (excludes halogenated alkanes) is 11. The van der Waals surface area contributed by atoms with Crippen molar-refractivity contribution in [2.24, 2.45) is 0 Å². The number of carbonyl (C=O) groups excluding carboxylic acids is 2. The van der Waals surface area contributed by atoms with E-state index in [1.807, 2.05) is 4.90 Å². The standard InChI is InChI=1S/C24H46N2O3/c1-2-3-4-5-6-7-8-9-10-12-17-23(28)25-19-14-11-13-18-24(29)26-20-15-16-22(26)21-27/h22,27H,2-21H2,1H3,(H,25,28)/t22-/m0/s1. The lowest BCUT2D eigenvalue weighted by Crippen LogP contribution is -2.37. The van der Waals surface area contributed by atoms with Gasteiger partial charge in [-0.1, -0.05) is 71.1 Å². The predicted octanol–water partition coefficient (Wildman–Crippen LogP) is 4.96. The summed E-state index contributed by atoms with van der Waals surface area (Å²) in [4.78, 5) is 25.9. The molecule has 1 rings (SSSR count). The topological polar surface area (TPSA) is 69.6 Å². The van der Waals surface area contributed by atoms with Gasteiger partial charge in [-0.25, -0.2) is 0 Å². The molecular weight excluding hydrogens is 364 g/mol. The van der Waals surface area contributed by atoms with Crippen LogP contribution in [0.5, 0.6) is 0 Å². The highest BCUT2D eigenvalue weighted by Gasteiger charge is 2.27. The number of nitrogens with one attached hydrogen (secondary N) is 1. The minimum Gasteiger partial charge on any atom is -0.394 e. The Bertz CT molecular complexity index is 428. The lowest BCUT2D eigenvalue weighted by Gasteiger charge is -2.22. The number of aliphatic hydroxyl groups is 1. The van der Waals surface area contributed by atoms with Crippen molar-refractivity contribution in [1.29, 1.82) is 0 Å². The zero-order valence-electron chi connectivity index (χ0n) is 18.9. The number of amides is 2. The molecule has 2 N–H and O–H groups in total. The Kier molecular flexibility index (Phi) is 15.9. The van der Waals surface area contributed by atoms with Crippen molar-refractivity contribution >= 4 is 11.8 Å². The second-order valence-electron chi connectivity index (χ2n) is 8.66.